The van der Waals surface area contributed by atoms with Crippen LogP contribution in [0.25, 0.3) is 17.3 Å². The van der Waals surface area contributed by atoms with Crippen LogP contribution < -0.4 is 5.32 Å². The Balaban J connectivity index is 1.58. The molecule has 0 fully saturated rings. The van der Waals surface area contributed by atoms with Crippen LogP contribution in [0.15, 0.2) is 60.9 Å². The Morgan fingerprint density at radius 3 is 2.59 bits per heavy atom. The van der Waals surface area contributed by atoms with Gasteiger partial charge in [-0.05, 0) is 42.0 Å². The van der Waals surface area contributed by atoms with Gasteiger partial charge < -0.3 is 5.32 Å². The zero-order valence-electron chi connectivity index (χ0n) is 14.6. The number of hydrogen-bond donors (Lipinski definition) is 1. The van der Waals surface area contributed by atoms with Gasteiger partial charge in [-0.2, -0.15) is 5.10 Å². The van der Waals surface area contributed by atoms with E-state index in [0.29, 0.717) is 12.1 Å². The molecule has 27 heavy (non-hydrogen) atoms. The minimum atomic E-state index is -0.465. The molecule has 2 heterocycles. The molecule has 1 amide bonds. The molecule has 0 saturated carbocycles. The largest absolute Gasteiger partial charge is 0.347 e. The van der Waals surface area contributed by atoms with Crippen molar-refractivity contribution in [3.8, 4) is 11.3 Å². The summed E-state index contributed by atoms with van der Waals surface area (Å²) in [6, 6.07) is 11.7. The first-order valence-corrected chi connectivity index (χ1v) is 8.16. The smallest absolute Gasteiger partial charge is 0.269 e. The van der Waals surface area contributed by atoms with Crippen molar-refractivity contribution >= 4 is 17.7 Å². The Labute approximate surface area is 155 Å². The Bertz CT molecular complexity index is 978. The van der Waals surface area contributed by atoms with Crippen molar-refractivity contribution in [3.05, 3.63) is 82.3 Å². The molecule has 0 spiro atoms. The lowest BCUT2D eigenvalue weighted by Crippen LogP contribution is -2.20. The van der Waals surface area contributed by atoms with E-state index in [1.54, 1.807) is 35.3 Å². The second-order valence-corrected chi connectivity index (χ2v) is 5.78. The molecule has 8 heteroatoms. The third-order valence-electron chi connectivity index (χ3n) is 3.88. The van der Waals surface area contributed by atoms with E-state index in [9.17, 15) is 14.9 Å². The summed E-state index contributed by atoms with van der Waals surface area (Å²) >= 11 is 0. The molecule has 2 aromatic heterocycles. The number of nitro benzene ring substituents is 1. The molecular weight excluding hydrogens is 346 g/mol. The molecule has 0 bridgehead atoms. The monoisotopic (exact) mass is 363 g/mol. The molecule has 0 atom stereocenters. The molecular formula is C19H17N5O3. The second kappa shape index (κ2) is 8.05. The average Bonchev–Trinajstić information content (AvgIpc) is 3.06. The molecule has 0 radical (unpaired) electrons. The molecule has 0 aliphatic heterocycles. The number of non-ortho nitro benzene ring substituents is 1. The predicted molar refractivity (Wildman–Crippen MR) is 100 cm³/mol. The normalized spacial score (nSPS) is 10.9. The molecule has 0 aliphatic carbocycles. The van der Waals surface area contributed by atoms with Gasteiger partial charge in [0.1, 0.15) is 0 Å². The minimum absolute atomic E-state index is 0.0109. The number of pyridine rings is 1. The van der Waals surface area contributed by atoms with Gasteiger partial charge in [0, 0.05) is 43.2 Å². The molecule has 0 aliphatic rings. The fraction of sp³-hybridized carbons (Fsp3) is 0.105. The van der Waals surface area contributed by atoms with E-state index >= 15 is 0 Å². The summed E-state index contributed by atoms with van der Waals surface area (Å²) in [5, 5.41) is 17.8. The van der Waals surface area contributed by atoms with Crippen molar-refractivity contribution in [2.45, 2.75) is 6.54 Å². The highest BCUT2D eigenvalue weighted by Gasteiger charge is 2.08. The Morgan fingerprint density at radius 1 is 1.22 bits per heavy atom. The van der Waals surface area contributed by atoms with Crippen LogP contribution in [-0.2, 0) is 18.4 Å². The molecule has 3 aromatic rings. The molecule has 0 unspecified atom stereocenters. The number of nitrogens with one attached hydrogen (secondary N) is 1. The Hall–Kier alpha value is -3.81. The lowest BCUT2D eigenvalue weighted by molar-refractivity contribution is -0.384. The van der Waals surface area contributed by atoms with Crippen LogP contribution in [0.2, 0.25) is 0 Å². The van der Waals surface area contributed by atoms with E-state index in [2.05, 4.69) is 15.4 Å². The minimum Gasteiger partial charge on any atom is -0.347 e. The van der Waals surface area contributed by atoms with Gasteiger partial charge in [-0.25, -0.2) is 0 Å². The van der Waals surface area contributed by atoms with E-state index in [1.165, 1.54) is 18.2 Å². The number of carbonyl (C=O) groups is 1. The van der Waals surface area contributed by atoms with Gasteiger partial charge in [-0.15, -0.1) is 0 Å². The number of carbonyl (C=O) groups excluding carboxylic acids is 1. The quantitative estimate of drug-likeness (QED) is 0.412. The summed E-state index contributed by atoms with van der Waals surface area (Å²) in [6.07, 6.45) is 6.41. The van der Waals surface area contributed by atoms with Gasteiger partial charge in [0.2, 0.25) is 5.91 Å². The third-order valence-corrected chi connectivity index (χ3v) is 3.88. The summed E-state index contributed by atoms with van der Waals surface area (Å²) in [4.78, 5) is 26.1. The number of nitro groups is 1. The molecule has 136 valence electrons. The van der Waals surface area contributed by atoms with Crippen LogP contribution in [0.3, 0.4) is 0 Å². The highest BCUT2D eigenvalue weighted by molar-refractivity contribution is 5.91. The molecule has 1 N–H and O–H groups in total. The first-order valence-electron chi connectivity index (χ1n) is 8.16. The summed E-state index contributed by atoms with van der Waals surface area (Å²) < 4.78 is 1.75. The lowest BCUT2D eigenvalue weighted by Gasteiger charge is -1.99. The van der Waals surface area contributed by atoms with Gasteiger partial charge in [-0.1, -0.05) is 0 Å². The maximum Gasteiger partial charge on any atom is 0.269 e. The first kappa shape index (κ1) is 18.0. The van der Waals surface area contributed by atoms with Crippen LogP contribution >= 0.6 is 0 Å². The van der Waals surface area contributed by atoms with Crippen molar-refractivity contribution in [2.75, 3.05) is 0 Å². The first-order chi connectivity index (χ1) is 13.0. The third kappa shape index (κ3) is 4.63. The number of nitrogens with zero attached hydrogens (tertiary/aromatic N) is 4. The van der Waals surface area contributed by atoms with Crippen LogP contribution in [0, 0.1) is 10.1 Å². The van der Waals surface area contributed by atoms with Crippen LogP contribution in [0.1, 0.15) is 11.3 Å². The van der Waals surface area contributed by atoms with Gasteiger partial charge in [0.05, 0.1) is 22.9 Å². The fourth-order valence-corrected chi connectivity index (χ4v) is 2.52. The summed E-state index contributed by atoms with van der Waals surface area (Å²) in [5.41, 5.74) is 3.38. The zero-order valence-corrected chi connectivity index (χ0v) is 14.6. The second-order valence-electron chi connectivity index (χ2n) is 5.78. The van der Waals surface area contributed by atoms with E-state index in [0.717, 1.165) is 17.0 Å². The highest BCUT2D eigenvalue weighted by Crippen LogP contribution is 2.18. The van der Waals surface area contributed by atoms with Crippen LogP contribution in [-0.4, -0.2) is 25.6 Å². The number of aryl methyl sites for hydroxylation is 1. The van der Waals surface area contributed by atoms with Crippen LogP contribution in [0.5, 0.6) is 0 Å². The number of amides is 1. The number of hydrogen-bond acceptors (Lipinski definition) is 5. The Kier molecular flexibility index (Phi) is 5.36. The SMILES string of the molecule is Cn1nc(CNC(=O)C=Cc2ccc([N+](=O)[O-])cc2)cc1-c1ccncc1. The van der Waals surface area contributed by atoms with Gasteiger partial charge in [-0.3, -0.25) is 24.6 Å². The van der Waals surface area contributed by atoms with Crippen molar-refractivity contribution < 1.29 is 9.72 Å². The fourth-order valence-electron chi connectivity index (χ4n) is 2.52. The standard InChI is InChI=1S/C19H17N5O3/c1-23-18(15-8-10-20-11-9-15)12-16(22-23)13-21-19(25)7-4-14-2-5-17(6-3-14)24(26)27/h2-12H,13H2,1H3,(H,21,25). The predicted octanol–water partition coefficient (Wildman–Crippen LogP) is 2.72. The zero-order chi connectivity index (χ0) is 19.2. The van der Waals surface area contributed by atoms with Crippen LogP contribution in [0.4, 0.5) is 5.69 Å². The Morgan fingerprint density at radius 2 is 1.93 bits per heavy atom. The molecule has 3 rings (SSSR count). The van der Waals surface area contributed by atoms with Crippen molar-refractivity contribution in [1.29, 1.82) is 0 Å². The molecule has 1 aromatic carbocycles. The number of aromatic nitrogens is 3. The van der Waals surface area contributed by atoms with E-state index in [-0.39, 0.29) is 11.6 Å². The van der Waals surface area contributed by atoms with Gasteiger partial charge in [0.25, 0.3) is 5.69 Å². The number of benzene rings is 1. The van der Waals surface area contributed by atoms with E-state index < -0.39 is 4.92 Å². The maximum atomic E-state index is 12.0. The van der Waals surface area contributed by atoms with Gasteiger partial charge in [0.15, 0.2) is 0 Å². The number of rotatable bonds is 6. The van der Waals surface area contributed by atoms with Crippen molar-refractivity contribution in [1.82, 2.24) is 20.1 Å². The summed E-state index contributed by atoms with van der Waals surface area (Å²) in [5.74, 6) is -0.274. The van der Waals surface area contributed by atoms with E-state index in [1.807, 2.05) is 25.2 Å². The van der Waals surface area contributed by atoms with Gasteiger partial charge >= 0.3 is 0 Å². The topological polar surface area (TPSA) is 103 Å². The molecule has 8 nitrogen and oxygen atoms in total. The lowest BCUT2D eigenvalue weighted by atomic mass is 10.2. The summed E-state index contributed by atoms with van der Waals surface area (Å²) in [7, 11) is 1.84. The summed E-state index contributed by atoms with van der Waals surface area (Å²) in [6.45, 7) is 0.294. The van der Waals surface area contributed by atoms with E-state index in [4.69, 9.17) is 0 Å². The van der Waals surface area contributed by atoms with Crippen molar-refractivity contribution in [3.63, 3.8) is 0 Å². The highest BCUT2D eigenvalue weighted by atomic mass is 16.6. The average molecular weight is 363 g/mol. The maximum absolute atomic E-state index is 12.0. The molecule has 0 saturated heterocycles. The van der Waals surface area contributed by atoms with Crippen molar-refractivity contribution in [2.24, 2.45) is 7.05 Å².